The van der Waals surface area contributed by atoms with Crippen LogP contribution in [0.1, 0.15) is 38.8 Å². The number of aromatic carboxylic acids is 2. The Kier molecular flexibility index (Phi) is 10.5. The van der Waals surface area contributed by atoms with E-state index >= 15 is 0 Å². The van der Waals surface area contributed by atoms with Crippen LogP contribution in [0.3, 0.4) is 0 Å². The summed E-state index contributed by atoms with van der Waals surface area (Å²) in [5, 5.41) is 18.0. The number of benzene rings is 5. The van der Waals surface area contributed by atoms with Crippen LogP contribution in [0.5, 0.6) is 17.2 Å². The second kappa shape index (κ2) is 14.8. The molecule has 0 radical (unpaired) electrons. The van der Waals surface area contributed by atoms with Gasteiger partial charge in [0.15, 0.2) is 0 Å². The normalized spacial score (nSPS) is 10.1. The van der Waals surface area contributed by atoms with Gasteiger partial charge in [0.05, 0.1) is 16.8 Å². The van der Waals surface area contributed by atoms with Crippen LogP contribution in [0.25, 0.3) is 0 Å². The van der Waals surface area contributed by atoms with Gasteiger partial charge in [-0.1, -0.05) is 60.7 Å². The van der Waals surface area contributed by atoms with Crippen molar-refractivity contribution in [3.8, 4) is 17.2 Å². The molecule has 8 heteroatoms. The van der Waals surface area contributed by atoms with E-state index in [1.54, 1.807) is 73.7 Å². The average Bonchev–Trinajstić information content (AvgIpc) is 3.03. The van der Waals surface area contributed by atoms with E-state index in [4.69, 9.17) is 14.6 Å². The lowest BCUT2D eigenvalue weighted by atomic mass is 10.1. The Bertz CT molecular complexity index is 1700. The maximum absolute atomic E-state index is 12.5. The highest BCUT2D eigenvalue weighted by molar-refractivity contribution is 6.06. The summed E-state index contributed by atoms with van der Waals surface area (Å²) in [6, 6.07) is 37.4. The van der Waals surface area contributed by atoms with Crippen molar-refractivity contribution in [3.63, 3.8) is 0 Å². The zero-order chi connectivity index (χ0) is 31.5. The fourth-order valence-corrected chi connectivity index (χ4v) is 4.32. The molecule has 0 spiro atoms. The van der Waals surface area contributed by atoms with Gasteiger partial charge in [0.1, 0.15) is 23.9 Å². The van der Waals surface area contributed by atoms with Crippen LogP contribution in [-0.2, 0) is 11.4 Å². The van der Waals surface area contributed by atoms with Crippen molar-refractivity contribution in [3.05, 3.63) is 150 Å². The van der Waals surface area contributed by atoms with Gasteiger partial charge in [-0.3, -0.25) is 9.69 Å². The summed E-state index contributed by atoms with van der Waals surface area (Å²) in [4.78, 5) is 35.9. The highest BCUT2D eigenvalue weighted by atomic mass is 16.5. The van der Waals surface area contributed by atoms with Crippen LogP contribution in [0.4, 0.5) is 11.4 Å². The third kappa shape index (κ3) is 8.33. The minimum absolute atomic E-state index is 0.0649. The number of hydrogen-bond donors (Lipinski definition) is 2. The smallest absolute Gasteiger partial charge is 0.337 e. The van der Waals surface area contributed by atoms with Gasteiger partial charge in [-0.05, 0) is 84.8 Å². The Hall–Kier alpha value is -5.89. The number of carbonyl (C=O) groups excluding carboxylic acids is 1. The zero-order valence-corrected chi connectivity index (χ0v) is 24.2. The molecule has 0 aliphatic carbocycles. The van der Waals surface area contributed by atoms with Crippen LogP contribution in [0, 0.1) is 6.92 Å². The van der Waals surface area contributed by atoms with Crippen molar-refractivity contribution in [1.82, 2.24) is 0 Å². The predicted octanol–water partition coefficient (Wildman–Crippen LogP) is 8.13. The number of rotatable bonds is 9. The topological polar surface area (TPSA) is 113 Å². The van der Waals surface area contributed by atoms with Gasteiger partial charge >= 0.3 is 11.9 Å². The van der Waals surface area contributed by atoms with Gasteiger partial charge < -0.3 is 19.7 Å². The first-order chi connectivity index (χ1) is 21.2. The van der Waals surface area contributed by atoms with Crippen LogP contribution in [0.2, 0.25) is 0 Å². The lowest BCUT2D eigenvalue weighted by Gasteiger charge is -2.25. The number of para-hydroxylation sites is 1. The Morgan fingerprint density at radius 2 is 1.18 bits per heavy atom. The molecule has 0 heterocycles. The standard InChI is InChI=1S/C29H25NO5.C7H6O2/c1-20-7-6-10-27(29(32)33)28(20)30(21(2)31)23-11-13-25(14-12-23)35-26-17-15-24(16-18-26)34-19-22-8-4-3-5-9-22;8-7(9)6-4-2-1-3-5-6/h3-18H,19H2,1-2H3,(H,32,33);1-5H,(H,8,9). The maximum atomic E-state index is 12.5. The summed E-state index contributed by atoms with van der Waals surface area (Å²) in [5.74, 6) is -0.303. The molecule has 44 heavy (non-hydrogen) atoms. The summed E-state index contributed by atoms with van der Waals surface area (Å²) in [6.07, 6.45) is 0. The highest BCUT2D eigenvalue weighted by Gasteiger charge is 2.23. The maximum Gasteiger partial charge on any atom is 0.337 e. The van der Waals surface area contributed by atoms with E-state index in [2.05, 4.69) is 0 Å². The fraction of sp³-hybridized carbons (Fsp3) is 0.0833. The number of carboxylic acids is 2. The second-order valence-electron chi connectivity index (χ2n) is 9.64. The first kappa shape index (κ1) is 31.1. The number of anilines is 2. The number of nitrogens with zero attached hydrogens (tertiary/aromatic N) is 1. The Morgan fingerprint density at radius 3 is 1.70 bits per heavy atom. The van der Waals surface area contributed by atoms with E-state index in [0.29, 0.717) is 40.6 Å². The lowest BCUT2D eigenvalue weighted by molar-refractivity contribution is -0.115. The Labute approximate surface area is 255 Å². The van der Waals surface area contributed by atoms with E-state index in [9.17, 15) is 19.5 Å². The predicted molar refractivity (Wildman–Crippen MR) is 168 cm³/mol. The molecule has 0 saturated heterocycles. The third-order valence-corrected chi connectivity index (χ3v) is 6.43. The van der Waals surface area contributed by atoms with Crippen LogP contribution >= 0.6 is 0 Å². The van der Waals surface area contributed by atoms with Crippen molar-refractivity contribution in [2.75, 3.05) is 4.90 Å². The van der Waals surface area contributed by atoms with Gasteiger partial charge in [-0.2, -0.15) is 0 Å². The molecule has 0 aliphatic rings. The minimum atomic E-state index is -1.09. The molecule has 0 fully saturated rings. The molecule has 0 atom stereocenters. The molecule has 8 nitrogen and oxygen atoms in total. The van der Waals surface area contributed by atoms with E-state index in [0.717, 1.165) is 11.3 Å². The first-order valence-electron chi connectivity index (χ1n) is 13.7. The Balaban J connectivity index is 0.000000421. The van der Waals surface area contributed by atoms with Gasteiger partial charge in [-0.15, -0.1) is 0 Å². The van der Waals surface area contributed by atoms with E-state index in [-0.39, 0.29) is 11.5 Å². The minimum Gasteiger partial charge on any atom is -0.489 e. The summed E-state index contributed by atoms with van der Waals surface area (Å²) >= 11 is 0. The number of aryl methyl sites for hydroxylation is 1. The van der Waals surface area contributed by atoms with E-state index < -0.39 is 11.9 Å². The molecule has 5 rings (SSSR count). The van der Waals surface area contributed by atoms with Crippen LogP contribution in [0.15, 0.2) is 127 Å². The molecule has 0 aliphatic heterocycles. The van der Waals surface area contributed by atoms with Crippen molar-refractivity contribution in [1.29, 1.82) is 0 Å². The summed E-state index contributed by atoms with van der Waals surface area (Å²) in [7, 11) is 0. The molecule has 1 amide bonds. The van der Waals surface area contributed by atoms with Crippen LogP contribution < -0.4 is 14.4 Å². The van der Waals surface area contributed by atoms with Crippen molar-refractivity contribution >= 4 is 29.2 Å². The van der Waals surface area contributed by atoms with Gasteiger partial charge in [0, 0.05) is 12.6 Å². The van der Waals surface area contributed by atoms with Crippen molar-refractivity contribution in [2.24, 2.45) is 0 Å². The third-order valence-electron chi connectivity index (χ3n) is 6.43. The number of ether oxygens (including phenoxy) is 2. The lowest BCUT2D eigenvalue weighted by Crippen LogP contribution is -2.25. The molecule has 0 unspecified atom stereocenters. The molecule has 0 aromatic heterocycles. The number of carboxylic acid groups (broad SMARTS) is 2. The van der Waals surface area contributed by atoms with E-state index in [1.807, 2.05) is 54.6 Å². The summed E-state index contributed by atoms with van der Waals surface area (Å²) in [6.45, 7) is 3.67. The SMILES string of the molecule is CC(=O)N(c1ccc(Oc2ccc(OCc3ccccc3)cc2)cc1)c1c(C)cccc1C(=O)O.O=C(O)c1ccccc1. The molecule has 5 aromatic rings. The largest absolute Gasteiger partial charge is 0.489 e. The van der Waals surface area contributed by atoms with Gasteiger partial charge in [0.2, 0.25) is 5.91 Å². The molecule has 2 N–H and O–H groups in total. The highest BCUT2D eigenvalue weighted by Crippen LogP contribution is 2.34. The Morgan fingerprint density at radius 1 is 0.636 bits per heavy atom. The van der Waals surface area contributed by atoms with E-state index in [1.165, 1.54) is 17.9 Å². The second-order valence-corrected chi connectivity index (χ2v) is 9.64. The first-order valence-corrected chi connectivity index (χ1v) is 13.7. The van der Waals surface area contributed by atoms with Gasteiger partial charge in [0.25, 0.3) is 0 Å². The number of amides is 1. The van der Waals surface area contributed by atoms with Crippen molar-refractivity contribution in [2.45, 2.75) is 20.5 Å². The average molecular weight is 590 g/mol. The molecule has 5 aromatic carbocycles. The number of hydrogen-bond acceptors (Lipinski definition) is 5. The monoisotopic (exact) mass is 589 g/mol. The molecule has 0 saturated carbocycles. The van der Waals surface area contributed by atoms with Gasteiger partial charge in [-0.25, -0.2) is 9.59 Å². The molecule has 222 valence electrons. The zero-order valence-electron chi connectivity index (χ0n) is 24.2. The molecule has 0 bridgehead atoms. The fourth-order valence-electron chi connectivity index (χ4n) is 4.32. The quantitative estimate of drug-likeness (QED) is 0.178. The summed E-state index contributed by atoms with van der Waals surface area (Å²) < 4.78 is 11.7. The molecular formula is C36H31NO7. The summed E-state index contributed by atoms with van der Waals surface area (Å²) in [5.41, 5.74) is 3.08. The number of carbonyl (C=O) groups is 3. The molecular weight excluding hydrogens is 558 g/mol. The van der Waals surface area contributed by atoms with Crippen molar-refractivity contribution < 1.29 is 34.1 Å². The van der Waals surface area contributed by atoms with Crippen LogP contribution in [-0.4, -0.2) is 28.1 Å².